The summed E-state index contributed by atoms with van der Waals surface area (Å²) >= 11 is 0. The number of nitrogens with two attached hydrogens (primary N) is 1. The molecule has 0 aromatic carbocycles. The summed E-state index contributed by atoms with van der Waals surface area (Å²) in [5.41, 5.74) is 5.41. The topological polar surface area (TPSA) is 68.2 Å². The number of hydrogen-bond donors (Lipinski definition) is 1. The fraction of sp³-hybridized carbons (Fsp3) is 0.846. The van der Waals surface area contributed by atoms with Crippen molar-refractivity contribution in [3.63, 3.8) is 0 Å². The summed E-state index contributed by atoms with van der Waals surface area (Å²) in [6.07, 6.45) is 3.85. The zero-order chi connectivity index (χ0) is 13.2. The van der Waals surface area contributed by atoms with Gasteiger partial charge in [0.1, 0.15) is 0 Å². The molecule has 1 aromatic heterocycles. The second kappa shape index (κ2) is 5.36. The number of piperidine rings is 1. The SMILES string of the molecule is CCC1CCN(Cc2nc(C(C)(C)N)no2)CC1. The van der Waals surface area contributed by atoms with E-state index in [2.05, 4.69) is 22.0 Å². The maximum atomic E-state index is 5.94. The summed E-state index contributed by atoms with van der Waals surface area (Å²) < 4.78 is 5.26. The van der Waals surface area contributed by atoms with Gasteiger partial charge in [0.05, 0.1) is 12.1 Å². The summed E-state index contributed by atoms with van der Waals surface area (Å²) in [6.45, 7) is 9.04. The lowest BCUT2D eigenvalue weighted by Crippen LogP contribution is -2.33. The molecule has 0 amide bonds. The molecule has 0 bridgehead atoms. The highest BCUT2D eigenvalue weighted by molar-refractivity contribution is 4.99. The van der Waals surface area contributed by atoms with Gasteiger partial charge in [-0.1, -0.05) is 18.5 Å². The van der Waals surface area contributed by atoms with Crippen molar-refractivity contribution < 1.29 is 4.52 Å². The van der Waals surface area contributed by atoms with Crippen LogP contribution in [0.5, 0.6) is 0 Å². The number of likely N-dealkylation sites (tertiary alicyclic amines) is 1. The summed E-state index contributed by atoms with van der Waals surface area (Å²) in [6, 6.07) is 0. The molecule has 2 heterocycles. The van der Waals surface area contributed by atoms with E-state index in [0.717, 1.165) is 25.6 Å². The molecule has 1 aliphatic heterocycles. The first-order valence-corrected chi connectivity index (χ1v) is 6.83. The van der Waals surface area contributed by atoms with Gasteiger partial charge in [0.15, 0.2) is 5.82 Å². The molecule has 5 nitrogen and oxygen atoms in total. The average molecular weight is 252 g/mol. The molecule has 0 saturated carbocycles. The van der Waals surface area contributed by atoms with Gasteiger partial charge in [0.2, 0.25) is 5.89 Å². The van der Waals surface area contributed by atoms with Gasteiger partial charge in [-0.05, 0) is 45.7 Å². The third-order valence-corrected chi connectivity index (χ3v) is 3.69. The molecule has 102 valence electrons. The second-order valence-electron chi connectivity index (χ2n) is 5.86. The Balaban J connectivity index is 1.89. The quantitative estimate of drug-likeness (QED) is 0.886. The predicted molar refractivity (Wildman–Crippen MR) is 69.8 cm³/mol. The van der Waals surface area contributed by atoms with Gasteiger partial charge in [-0.15, -0.1) is 0 Å². The fourth-order valence-corrected chi connectivity index (χ4v) is 2.32. The monoisotopic (exact) mass is 252 g/mol. The van der Waals surface area contributed by atoms with Gasteiger partial charge >= 0.3 is 0 Å². The third-order valence-electron chi connectivity index (χ3n) is 3.69. The van der Waals surface area contributed by atoms with E-state index in [-0.39, 0.29) is 0 Å². The Labute approximate surface area is 109 Å². The highest BCUT2D eigenvalue weighted by atomic mass is 16.5. The summed E-state index contributed by atoms with van der Waals surface area (Å²) in [5.74, 6) is 2.15. The number of nitrogens with zero attached hydrogens (tertiary/aromatic N) is 3. The standard InChI is InChI=1S/C13H24N4O/c1-4-10-5-7-17(8-6-10)9-11-15-12(16-18-11)13(2,3)14/h10H,4-9,14H2,1-3H3. The normalized spacial score (nSPS) is 19.3. The lowest BCUT2D eigenvalue weighted by Gasteiger charge is -2.30. The van der Waals surface area contributed by atoms with Crippen LogP contribution in [0.2, 0.25) is 0 Å². The molecule has 0 radical (unpaired) electrons. The lowest BCUT2D eigenvalue weighted by atomic mass is 9.94. The molecule has 2 rings (SSSR count). The minimum atomic E-state index is -0.531. The highest BCUT2D eigenvalue weighted by Gasteiger charge is 2.23. The Kier molecular flexibility index (Phi) is 4.02. The van der Waals surface area contributed by atoms with Crippen molar-refractivity contribution in [1.82, 2.24) is 15.0 Å². The van der Waals surface area contributed by atoms with Gasteiger partial charge in [-0.2, -0.15) is 4.98 Å². The van der Waals surface area contributed by atoms with Crippen molar-refractivity contribution in [1.29, 1.82) is 0 Å². The minimum Gasteiger partial charge on any atom is -0.338 e. The Morgan fingerprint density at radius 1 is 1.39 bits per heavy atom. The van der Waals surface area contributed by atoms with E-state index in [0.29, 0.717) is 11.7 Å². The van der Waals surface area contributed by atoms with Crippen LogP contribution in [0.1, 0.15) is 51.7 Å². The van der Waals surface area contributed by atoms with Crippen LogP contribution in [0.25, 0.3) is 0 Å². The molecule has 0 atom stereocenters. The van der Waals surface area contributed by atoms with E-state index in [1.54, 1.807) is 0 Å². The van der Waals surface area contributed by atoms with Crippen LogP contribution in [-0.2, 0) is 12.1 Å². The maximum Gasteiger partial charge on any atom is 0.240 e. The molecule has 1 aromatic rings. The molecule has 18 heavy (non-hydrogen) atoms. The first kappa shape index (κ1) is 13.5. The number of hydrogen-bond acceptors (Lipinski definition) is 5. The van der Waals surface area contributed by atoms with Crippen LogP contribution < -0.4 is 5.73 Å². The van der Waals surface area contributed by atoms with Gasteiger partial charge in [-0.3, -0.25) is 4.90 Å². The minimum absolute atomic E-state index is 0.531. The molecule has 1 saturated heterocycles. The van der Waals surface area contributed by atoms with E-state index in [9.17, 15) is 0 Å². The highest BCUT2D eigenvalue weighted by Crippen LogP contribution is 2.21. The Bertz CT molecular complexity index is 375. The van der Waals surface area contributed by atoms with Gasteiger partial charge in [0, 0.05) is 0 Å². The van der Waals surface area contributed by atoms with Gasteiger partial charge < -0.3 is 10.3 Å². The van der Waals surface area contributed by atoms with E-state index in [1.165, 1.54) is 19.3 Å². The number of aromatic nitrogens is 2. The third kappa shape index (κ3) is 3.29. The van der Waals surface area contributed by atoms with E-state index in [4.69, 9.17) is 10.3 Å². The van der Waals surface area contributed by atoms with Crippen molar-refractivity contribution >= 4 is 0 Å². The Morgan fingerprint density at radius 3 is 2.56 bits per heavy atom. The summed E-state index contributed by atoms with van der Waals surface area (Å²) in [7, 11) is 0. The lowest BCUT2D eigenvalue weighted by molar-refractivity contribution is 0.157. The molecular formula is C13H24N4O. The molecule has 0 aliphatic carbocycles. The molecular weight excluding hydrogens is 228 g/mol. The molecule has 1 aliphatic rings. The van der Waals surface area contributed by atoms with Crippen molar-refractivity contribution in [2.45, 2.75) is 52.1 Å². The molecule has 5 heteroatoms. The largest absolute Gasteiger partial charge is 0.338 e. The number of rotatable bonds is 4. The first-order valence-electron chi connectivity index (χ1n) is 6.83. The summed E-state index contributed by atoms with van der Waals surface area (Å²) in [5, 5.41) is 3.95. The van der Waals surface area contributed by atoms with Crippen molar-refractivity contribution in [2.75, 3.05) is 13.1 Å². The zero-order valence-corrected chi connectivity index (χ0v) is 11.6. The first-order chi connectivity index (χ1) is 8.49. The van der Waals surface area contributed by atoms with Crippen LogP contribution in [0.4, 0.5) is 0 Å². The maximum absolute atomic E-state index is 5.94. The summed E-state index contributed by atoms with van der Waals surface area (Å²) in [4.78, 5) is 6.75. The smallest absolute Gasteiger partial charge is 0.240 e. The molecule has 0 spiro atoms. The van der Waals surface area contributed by atoms with E-state index in [1.807, 2.05) is 13.8 Å². The Hall–Kier alpha value is -0.940. The van der Waals surface area contributed by atoms with Crippen LogP contribution in [0, 0.1) is 5.92 Å². The van der Waals surface area contributed by atoms with Crippen LogP contribution in [0.15, 0.2) is 4.52 Å². The van der Waals surface area contributed by atoms with E-state index >= 15 is 0 Å². The van der Waals surface area contributed by atoms with Gasteiger partial charge in [-0.25, -0.2) is 0 Å². The van der Waals surface area contributed by atoms with Crippen molar-refractivity contribution in [3.8, 4) is 0 Å². The second-order valence-corrected chi connectivity index (χ2v) is 5.86. The molecule has 2 N–H and O–H groups in total. The Morgan fingerprint density at radius 2 is 2.06 bits per heavy atom. The molecule has 0 unspecified atom stereocenters. The van der Waals surface area contributed by atoms with Crippen molar-refractivity contribution in [3.05, 3.63) is 11.7 Å². The fourth-order valence-electron chi connectivity index (χ4n) is 2.32. The average Bonchev–Trinajstić information content (AvgIpc) is 2.78. The molecule has 1 fully saturated rings. The van der Waals surface area contributed by atoms with E-state index < -0.39 is 5.54 Å². The predicted octanol–water partition coefficient (Wildman–Crippen LogP) is 1.89. The van der Waals surface area contributed by atoms with Crippen LogP contribution in [0.3, 0.4) is 0 Å². The van der Waals surface area contributed by atoms with Crippen LogP contribution >= 0.6 is 0 Å². The van der Waals surface area contributed by atoms with Gasteiger partial charge in [0.25, 0.3) is 0 Å². The van der Waals surface area contributed by atoms with Crippen molar-refractivity contribution in [2.24, 2.45) is 11.7 Å². The zero-order valence-electron chi connectivity index (χ0n) is 11.6. The van der Waals surface area contributed by atoms with Crippen LogP contribution in [-0.4, -0.2) is 28.1 Å².